The van der Waals surface area contributed by atoms with Crippen LogP contribution in [0, 0.1) is 0 Å². The summed E-state index contributed by atoms with van der Waals surface area (Å²) < 4.78 is 29.3. The zero-order chi connectivity index (χ0) is 16.0. The van der Waals surface area contributed by atoms with Crippen molar-refractivity contribution in [3.8, 4) is 5.75 Å². The molecule has 0 bridgehead atoms. The summed E-state index contributed by atoms with van der Waals surface area (Å²) in [4.78, 5) is 12.2. The van der Waals surface area contributed by atoms with Crippen LogP contribution in [0.25, 0.3) is 0 Å². The number of likely N-dealkylation sites (N-methyl/N-ethyl adjacent to an activating group) is 1. The van der Waals surface area contributed by atoms with E-state index in [-0.39, 0.29) is 11.7 Å². The van der Waals surface area contributed by atoms with Gasteiger partial charge in [0.25, 0.3) is 0 Å². The number of amides is 1. The van der Waals surface area contributed by atoms with Gasteiger partial charge in [0.05, 0.1) is 11.6 Å². The molecule has 4 nitrogen and oxygen atoms in total. The van der Waals surface area contributed by atoms with Gasteiger partial charge in [-0.25, -0.2) is 0 Å². The first-order valence-corrected chi connectivity index (χ1v) is 6.87. The van der Waals surface area contributed by atoms with E-state index in [1.165, 1.54) is 6.07 Å². The number of ether oxygens (including phenoxy) is 1. The Morgan fingerprint density at radius 1 is 1.33 bits per heavy atom. The van der Waals surface area contributed by atoms with Gasteiger partial charge in [0, 0.05) is 5.56 Å². The molecule has 1 unspecified atom stereocenters. The minimum Gasteiger partial charge on any atom is -0.434 e. The van der Waals surface area contributed by atoms with Gasteiger partial charge in [-0.05, 0) is 33.4 Å². The topological polar surface area (TPSA) is 50.4 Å². The van der Waals surface area contributed by atoms with Crippen LogP contribution in [-0.4, -0.2) is 24.6 Å². The minimum absolute atomic E-state index is 0.0709. The van der Waals surface area contributed by atoms with E-state index in [2.05, 4.69) is 15.4 Å². The smallest absolute Gasteiger partial charge is 0.387 e. The molecule has 0 saturated carbocycles. The molecule has 6 heteroatoms. The first kappa shape index (κ1) is 17.4. The quantitative estimate of drug-likeness (QED) is 0.814. The van der Waals surface area contributed by atoms with Crippen molar-refractivity contribution in [1.29, 1.82) is 0 Å². The Bertz CT molecular complexity index is 478. The average Bonchev–Trinajstić information content (AvgIpc) is 2.38. The second-order valence-corrected chi connectivity index (χ2v) is 5.27. The van der Waals surface area contributed by atoms with Crippen LogP contribution < -0.4 is 15.4 Å². The van der Waals surface area contributed by atoms with Gasteiger partial charge in [-0.3, -0.25) is 4.79 Å². The average molecular weight is 300 g/mol. The molecule has 0 aliphatic heterocycles. The third kappa shape index (κ3) is 4.97. The summed E-state index contributed by atoms with van der Waals surface area (Å²) in [5.74, 6) is -0.134. The largest absolute Gasteiger partial charge is 0.434 e. The van der Waals surface area contributed by atoms with Crippen LogP contribution in [0.2, 0.25) is 0 Å². The highest BCUT2D eigenvalue weighted by Crippen LogP contribution is 2.26. The molecule has 1 aromatic carbocycles. The molecule has 118 valence electrons. The van der Waals surface area contributed by atoms with Crippen molar-refractivity contribution in [2.75, 3.05) is 6.54 Å². The van der Waals surface area contributed by atoms with Crippen molar-refractivity contribution in [3.05, 3.63) is 29.8 Å². The number of alkyl halides is 2. The van der Waals surface area contributed by atoms with Crippen LogP contribution in [0.15, 0.2) is 24.3 Å². The summed E-state index contributed by atoms with van der Waals surface area (Å²) in [5.41, 5.74) is -0.222. The highest BCUT2D eigenvalue weighted by Gasteiger charge is 2.28. The molecule has 0 aromatic heterocycles. The second kappa shape index (κ2) is 7.36. The van der Waals surface area contributed by atoms with Crippen molar-refractivity contribution in [2.45, 2.75) is 45.9 Å². The van der Waals surface area contributed by atoms with Crippen molar-refractivity contribution >= 4 is 5.91 Å². The fourth-order valence-electron chi connectivity index (χ4n) is 2.02. The molecule has 1 rings (SSSR count). The summed E-state index contributed by atoms with van der Waals surface area (Å²) in [5, 5.41) is 5.87. The lowest BCUT2D eigenvalue weighted by Crippen LogP contribution is -2.53. The number of halogens is 2. The van der Waals surface area contributed by atoms with E-state index >= 15 is 0 Å². The van der Waals surface area contributed by atoms with Gasteiger partial charge < -0.3 is 15.4 Å². The molecule has 0 aliphatic carbocycles. The van der Waals surface area contributed by atoms with Crippen molar-refractivity contribution in [3.63, 3.8) is 0 Å². The van der Waals surface area contributed by atoms with Crippen LogP contribution in [0.4, 0.5) is 8.78 Å². The Labute approximate surface area is 123 Å². The molecule has 0 heterocycles. The number of para-hydroxylation sites is 1. The Kier molecular flexibility index (Phi) is 6.08. The predicted molar refractivity (Wildman–Crippen MR) is 77.4 cm³/mol. The molecular weight excluding hydrogens is 278 g/mol. The molecule has 1 atom stereocenters. The SMILES string of the molecule is CCNC(C)(C)C(=O)NC(C)c1ccccc1OC(F)F. The van der Waals surface area contributed by atoms with Gasteiger partial charge in [-0.1, -0.05) is 25.1 Å². The molecule has 0 radical (unpaired) electrons. The zero-order valence-corrected chi connectivity index (χ0v) is 12.7. The Morgan fingerprint density at radius 3 is 2.52 bits per heavy atom. The summed E-state index contributed by atoms with van der Waals surface area (Å²) in [6, 6.07) is 6.00. The predicted octanol–water partition coefficient (Wildman–Crippen LogP) is 2.85. The number of nitrogens with one attached hydrogen (secondary N) is 2. The lowest BCUT2D eigenvalue weighted by atomic mass is 10.0. The van der Waals surface area contributed by atoms with Crippen molar-refractivity contribution < 1.29 is 18.3 Å². The van der Waals surface area contributed by atoms with Gasteiger partial charge >= 0.3 is 6.61 Å². The van der Waals surface area contributed by atoms with Crippen molar-refractivity contribution in [2.24, 2.45) is 0 Å². The molecule has 21 heavy (non-hydrogen) atoms. The maximum atomic E-state index is 12.4. The number of hydrogen-bond acceptors (Lipinski definition) is 3. The van der Waals surface area contributed by atoms with Crippen LogP contribution in [0.1, 0.15) is 39.3 Å². The van der Waals surface area contributed by atoms with Gasteiger partial charge in [0.1, 0.15) is 5.75 Å². The van der Waals surface area contributed by atoms with E-state index in [9.17, 15) is 13.6 Å². The fraction of sp³-hybridized carbons (Fsp3) is 0.533. The summed E-state index contributed by atoms with van der Waals surface area (Å²) >= 11 is 0. The molecule has 0 aliphatic rings. The van der Waals surface area contributed by atoms with Gasteiger partial charge in [-0.15, -0.1) is 0 Å². The maximum absolute atomic E-state index is 12.4. The lowest BCUT2D eigenvalue weighted by molar-refractivity contribution is -0.127. The monoisotopic (exact) mass is 300 g/mol. The third-order valence-corrected chi connectivity index (χ3v) is 3.14. The van der Waals surface area contributed by atoms with E-state index in [1.54, 1.807) is 39.0 Å². The minimum atomic E-state index is -2.90. The molecule has 0 fully saturated rings. The van der Waals surface area contributed by atoms with Crippen LogP contribution in [-0.2, 0) is 4.79 Å². The first-order chi connectivity index (χ1) is 9.77. The molecule has 2 N–H and O–H groups in total. The van der Waals surface area contributed by atoms with Gasteiger partial charge in [0.2, 0.25) is 5.91 Å². The highest BCUT2D eigenvalue weighted by molar-refractivity contribution is 5.85. The van der Waals surface area contributed by atoms with Crippen LogP contribution in [0.3, 0.4) is 0 Å². The van der Waals surface area contributed by atoms with E-state index in [4.69, 9.17) is 0 Å². The number of benzene rings is 1. The second-order valence-electron chi connectivity index (χ2n) is 5.27. The van der Waals surface area contributed by atoms with E-state index in [0.717, 1.165) is 0 Å². The fourth-order valence-corrected chi connectivity index (χ4v) is 2.02. The van der Waals surface area contributed by atoms with Gasteiger partial charge in [0.15, 0.2) is 0 Å². The summed E-state index contributed by atoms with van der Waals surface area (Å²) in [6.07, 6.45) is 0. The highest BCUT2D eigenvalue weighted by atomic mass is 19.3. The van der Waals surface area contributed by atoms with Gasteiger partial charge in [-0.2, -0.15) is 8.78 Å². The van der Waals surface area contributed by atoms with E-state index < -0.39 is 18.2 Å². The number of carbonyl (C=O) groups excluding carboxylic acids is 1. The standard InChI is InChI=1S/C15H22F2N2O2/c1-5-18-15(3,4)13(20)19-10(2)11-8-6-7-9-12(11)21-14(16)17/h6-10,14,18H,5H2,1-4H3,(H,19,20). The molecule has 0 spiro atoms. The van der Waals surface area contributed by atoms with E-state index in [0.29, 0.717) is 12.1 Å². The van der Waals surface area contributed by atoms with Crippen molar-refractivity contribution in [1.82, 2.24) is 10.6 Å². The van der Waals surface area contributed by atoms with Crippen LogP contribution >= 0.6 is 0 Å². The Morgan fingerprint density at radius 2 is 1.95 bits per heavy atom. The summed E-state index contributed by atoms with van der Waals surface area (Å²) in [6.45, 7) is 4.92. The van der Waals surface area contributed by atoms with E-state index in [1.807, 2.05) is 6.92 Å². The molecule has 1 amide bonds. The molecule has 0 saturated heterocycles. The van der Waals surface area contributed by atoms with Crippen LogP contribution in [0.5, 0.6) is 5.75 Å². The Balaban J connectivity index is 2.85. The lowest BCUT2D eigenvalue weighted by Gasteiger charge is -2.27. The maximum Gasteiger partial charge on any atom is 0.387 e. The molecular formula is C15H22F2N2O2. The molecule has 1 aromatic rings. The number of carbonyl (C=O) groups is 1. The first-order valence-electron chi connectivity index (χ1n) is 6.87. The zero-order valence-electron chi connectivity index (χ0n) is 12.7. The number of rotatable bonds is 7. The normalized spacial score (nSPS) is 13.1. The summed E-state index contributed by atoms with van der Waals surface area (Å²) in [7, 11) is 0. The Hall–Kier alpha value is -1.69. The third-order valence-electron chi connectivity index (χ3n) is 3.14. The number of hydrogen-bond donors (Lipinski definition) is 2.